The van der Waals surface area contributed by atoms with E-state index in [-0.39, 0.29) is 11.8 Å². The number of pyridine rings is 1. The van der Waals surface area contributed by atoms with Crippen molar-refractivity contribution >= 4 is 5.91 Å². The lowest BCUT2D eigenvalue weighted by Crippen LogP contribution is -2.38. The van der Waals surface area contributed by atoms with E-state index in [1.807, 2.05) is 24.0 Å². The van der Waals surface area contributed by atoms with E-state index in [1.165, 1.54) is 0 Å². The summed E-state index contributed by atoms with van der Waals surface area (Å²) < 4.78 is 0. The van der Waals surface area contributed by atoms with Crippen LogP contribution in [0.3, 0.4) is 0 Å². The van der Waals surface area contributed by atoms with Gasteiger partial charge in [-0.2, -0.15) is 0 Å². The molecular formula is C15H23N3O. The van der Waals surface area contributed by atoms with Crippen LogP contribution in [-0.4, -0.2) is 28.9 Å². The van der Waals surface area contributed by atoms with Gasteiger partial charge >= 0.3 is 0 Å². The fraction of sp³-hybridized carbons (Fsp3) is 0.600. The highest BCUT2D eigenvalue weighted by molar-refractivity contribution is 5.79. The van der Waals surface area contributed by atoms with Crippen molar-refractivity contribution in [2.45, 2.75) is 32.7 Å². The smallest absolute Gasteiger partial charge is 0.226 e. The zero-order valence-corrected chi connectivity index (χ0v) is 11.6. The van der Waals surface area contributed by atoms with Crippen molar-refractivity contribution in [3.63, 3.8) is 0 Å². The number of nitrogens with two attached hydrogens (primary N) is 1. The van der Waals surface area contributed by atoms with E-state index in [1.54, 1.807) is 12.4 Å². The molecule has 1 fully saturated rings. The van der Waals surface area contributed by atoms with Gasteiger partial charge in [-0.15, -0.1) is 0 Å². The van der Waals surface area contributed by atoms with E-state index in [4.69, 9.17) is 5.73 Å². The number of amides is 1. The Balaban J connectivity index is 2.03. The molecule has 1 aromatic rings. The minimum Gasteiger partial charge on any atom is -0.338 e. The van der Waals surface area contributed by atoms with Gasteiger partial charge in [0.2, 0.25) is 5.91 Å². The summed E-state index contributed by atoms with van der Waals surface area (Å²) in [5.41, 5.74) is 6.91. The maximum atomic E-state index is 12.6. The fourth-order valence-electron chi connectivity index (χ4n) is 2.93. The second-order valence-electron chi connectivity index (χ2n) is 5.24. The van der Waals surface area contributed by atoms with Crippen LogP contribution in [0.15, 0.2) is 24.5 Å². The molecule has 2 atom stereocenters. The number of rotatable bonds is 5. The van der Waals surface area contributed by atoms with E-state index < -0.39 is 0 Å². The summed E-state index contributed by atoms with van der Waals surface area (Å²) in [6.45, 7) is 4.08. The highest BCUT2D eigenvalue weighted by Gasteiger charge is 2.34. The van der Waals surface area contributed by atoms with Crippen LogP contribution in [0.1, 0.15) is 31.7 Å². The highest BCUT2D eigenvalue weighted by atomic mass is 16.2. The van der Waals surface area contributed by atoms with E-state index in [0.717, 1.165) is 31.4 Å². The van der Waals surface area contributed by atoms with Crippen molar-refractivity contribution in [2.24, 2.45) is 17.6 Å². The van der Waals surface area contributed by atoms with Crippen LogP contribution in [-0.2, 0) is 11.3 Å². The van der Waals surface area contributed by atoms with Gasteiger partial charge in [0.25, 0.3) is 0 Å². The second-order valence-corrected chi connectivity index (χ2v) is 5.24. The SMILES string of the molecule is CCN(Cc1ccncc1)C(=O)C1CCCC1CN. The van der Waals surface area contributed by atoms with Crippen LogP contribution in [0.25, 0.3) is 0 Å². The molecule has 1 aliphatic carbocycles. The predicted molar refractivity (Wildman–Crippen MR) is 75.2 cm³/mol. The van der Waals surface area contributed by atoms with Gasteiger partial charge in [-0.05, 0) is 49.9 Å². The summed E-state index contributed by atoms with van der Waals surface area (Å²) in [7, 11) is 0. The Hall–Kier alpha value is -1.42. The predicted octanol–water partition coefficient (Wildman–Crippen LogP) is 1.81. The molecule has 1 saturated carbocycles. The third-order valence-electron chi connectivity index (χ3n) is 4.10. The molecule has 2 rings (SSSR count). The second kappa shape index (κ2) is 6.66. The van der Waals surface area contributed by atoms with E-state index in [9.17, 15) is 4.79 Å². The molecule has 19 heavy (non-hydrogen) atoms. The quantitative estimate of drug-likeness (QED) is 0.879. The molecule has 0 radical (unpaired) electrons. The lowest BCUT2D eigenvalue weighted by atomic mass is 9.94. The third-order valence-corrected chi connectivity index (χ3v) is 4.10. The minimum absolute atomic E-state index is 0.131. The van der Waals surface area contributed by atoms with Crippen LogP contribution in [0.2, 0.25) is 0 Å². The average Bonchev–Trinajstić information content (AvgIpc) is 2.93. The van der Waals surface area contributed by atoms with Gasteiger partial charge in [0.05, 0.1) is 0 Å². The number of carbonyl (C=O) groups excluding carboxylic acids is 1. The number of hydrogen-bond acceptors (Lipinski definition) is 3. The monoisotopic (exact) mass is 261 g/mol. The summed E-state index contributed by atoms with van der Waals surface area (Å²) in [5, 5.41) is 0. The molecule has 0 aromatic carbocycles. The molecule has 0 bridgehead atoms. The molecule has 2 unspecified atom stereocenters. The maximum Gasteiger partial charge on any atom is 0.226 e. The first-order valence-corrected chi connectivity index (χ1v) is 7.14. The zero-order valence-electron chi connectivity index (χ0n) is 11.6. The minimum atomic E-state index is 0.131. The molecule has 1 heterocycles. The zero-order chi connectivity index (χ0) is 13.7. The Bertz CT molecular complexity index is 407. The molecule has 104 valence electrons. The largest absolute Gasteiger partial charge is 0.338 e. The number of nitrogens with zero attached hydrogens (tertiary/aromatic N) is 2. The molecule has 2 N–H and O–H groups in total. The molecule has 0 aliphatic heterocycles. The van der Waals surface area contributed by atoms with Gasteiger partial charge in [-0.25, -0.2) is 0 Å². The van der Waals surface area contributed by atoms with Gasteiger partial charge in [0.15, 0.2) is 0 Å². The normalized spacial score (nSPS) is 22.4. The number of hydrogen-bond donors (Lipinski definition) is 1. The lowest BCUT2D eigenvalue weighted by Gasteiger charge is -2.27. The van der Waals surface area contributed by atoms with Crippen LogP contribution >= 0.6 is 0 Å². The first-order chi connectivity index (χ1) is 9.26. The molecule has 0 saturated heterocycles. The van der Waals surface area contributed by atoms with Crippen molar-refractivity contribution in [1.82, 2.24) is 9.88 Å². The molecular weight excluding hydrogens is 238 g/mol. The Labute approximate surface area is 115 Å². The van der Waals surface area contributed by atoms with E-state index in [2.05, 4.69) is 4.98 Å². The molecule has 1 aliphatic rings. The van der Waals surface area contributed by atoms with Gasteiger partial charge in [0, 0.05) is 31.4 Å². The van der Waals surface area contributed by atoms with Crippen molar-refractivity contribution in [1.29, 1.82) is 0 Å². The average molecular weight is 261 g/mol. The molecule has 1 amide bonds. The summed E-state index contributed by atoms with van der Waals surface area (Å²) >= 11 is 0. The van der Waals surface area contributed by atoms with E-state index in [0.29, 0.717) is 19.0 Å². The summed E-state index contributed by atoms with van der Waals surface area (Å²) in [6.07, 6.45) is 6.76. The lowest BCUT2D eigenvalue weighted by molar-refractivity contribution is -0.137. The van der Waals surface area contributed by atoms with Gasteiger partial charge in [0.1, 0.15) is 0 Å². The highest BCUT2D eigenvalue weighted by Crippen LogP contribution is 2.32. The Morgan fingerprint density at radius 2 is 2.16 bits per heavy atom. The van der Waals surface area contributed by atoms with E-state index >= 15 is 0 Å². The molecule has 0 spiro atoms. The Kier molecular flexibility index (Phi) is 4.91. The summed E-state index contributed by atoms with van der Waals surface area (Å²) in [5.74, 6) is 0.776. The van der Waals surface area contributed by atoms with Crippen molar-refractivity contribution in [2.75, 3.05) is 13.1 Å². The first-order valence-electron chi connectivity index (χ1n) is 7.14. The summed E-state index contributed by atoms with van der Waals surface area (Å²) in [6, 6.07) is 3.93. The summed E-state index contributed by atoms with van der Waals surface area (Å²) in [4.78, 5) is 18.5. The number of carbonyl (C=O) groups is 1. The Morgan fingerprint density at radius 1 is 1.42 bits per heavy atom. The van der Waals surface area contributed by atoms with Gasteiger partial charge < -0.3 is 10.6 Å². The van der Waals surface area contributed by atoms with Crippen LogP contribution in [0.5, 0.6) is 0 Å². The van der Waals surface area contributed by atoms with Crippen LogP contribution in [0, 0.1) is 11.8 Å². The molecule has 4 nitrogen and oxygen atoms in total. The van der Waals surface area contributed by atoms with Crippen molar-refractivity contribution in [3.05, 3.63) is 30.1 Å². The molecule has 4 heteroatoms. The maximum absolute atomic E-state index is 12.6. The topological polar surface area (TPSA) is 59.2 Å². The Morgan fingerprint density at radius 3 is 2.79 bits per heavy atom. The van der Waals surface area contributed by atoms with Gasteiger partial charge in [-0.3, -0.25) is 9.78 Å². The first kappa shape index (κ1) is 14.0. The van der Waals surface area contributed by atoms with Crippen molar-refractivity contribution in [3.8, 4) is 0 Å². The fourth-order valence-corrected chi connectivity index (χ4v) is 2.93. The third kappa shape index (κ3) is 3.32. The standard InChI is InChI=1S/C15H23N3O/c1-2-18(11-12-6-8-17-9-7-12)15(19)14-5-3-4-13(14)10-16/h6-9,13-14H,2-5,10-11,16H2,1H3. The molecule has 1 aromatic heterocycles. The van der Waals surface area contributed by atoms with Gasteiger partial charge in [-0.1, -0.05) is 6.42 Å². The number of aromatic nitrogens is 1. The van der Waals surface area contributed by atoms with Crippen LogP contribution in [0.4, 0.5) is 0 Å². The van der Waals surface area contributed by atoms with Crippen LogP contribution < -0.4 is 5.73 Å². The van der Waals surface area contributed by atoms with Crippen molar-refractivity contribution < 1.29 is 4.79 Å².